The second-order valence-corrected chi connectivity index (χ2v) is 4.23. The summed E-state index contributed by atoms with van der Waals surface area (Å²) in [5, 5.41) is 2.20. The molecule has 0 aliphatic carbocycles. The fraction of sp³-hybridized carbons (Fsp3) is 0.200. The summed E-state index contributed by atoms with van der Waals surface area (Å²) in [5.74, 6) is 2.23. The first kappa shape index (κ1) is 11.7. The summed E-state index contributed by atoms with van der Waals surface area (Å²) in [6.45, 7) is 0. The normalized spacial score (nSPS) is 10.9. The zero-order chi connectivity index (χ0) is 13.4. The number of rotatable bonds is 3. The van der Waals surface area contributed by atoms with Crippen LogP contribution in [0.5, 0.6) is 17.2 Å². The molecule has 0 spiro atoms. The Morgan fingerprint density at radius 3 is 2.16 bits per heavy atom. The zero-order valence-corrected chi connectivity index (χ0v) is 11.1. The lowest BCUT2D eigenvalue weighted by atomic mass is 10.1. The smallest absolute Gasteiger partial charge is 0.184 e. The van der Waals surface area contributed by atoms with Gasteiger partial charge in [-0.15, -0.1) is 0 Å². The van der Waals surface area contributed by atoms with Crippen molar-refractivity contribution in [2.45, 2.75) is 0 Å². The van der Waals surface area contributed by atoms with Crippen molar-refractivity contribution in [3.8, 4) is 17.2 Å². The van der Waals surface area contributed by atoms with Crippen LogP contribution in [0.15, 0.2) is 30.3 Å². The molecule has 4 heteroatoms. The molecule has 19 heavy (non-hydrogen) atoms. The predicted molar refractivity (Wildman–Crippen MR) is 75.5 cm³/mol. The zero-order valence-electron chi connectivity index (χ0n) is 11.1. The molecule has 0 aliphatic rings. The molecule has 0 bridgehead atoms. The van der Waals surface area contributed by atoms with Crippen molar-refractivity contribution in [2.24, 2.45) is 0 Å². The van der Waals surface area contributed by atoms with Crippen LogP contribution < -0.4 is 14.2 Å². The number of methoxy groups -OCH3 is 3. The van der Waals surface area contributed by atoms with Crippen molar-refractivity contribution in [3.63, 3.8) is 0 Å². The summed E-state index contributed by atoms with van der Waals surface area (Å²) in [6.07, 6.45) is 0. The summed E-state index contributed by atoms with van der Waals surface area (Å²) in [6, 6.07) is 9.90. The van der Waals surface area contributed by atoms with Crippen LogP contribution >= 0.6 is 0 Å². The summed E-state index contributed by atoms with van der Waals surface area (Å²) in [5.41, 5.74) is 1.88. The molecular formula is C15H15NO3. The third-order valence-corrected chi connectivity index (χ3v) is 3.33. The Morgan fingerprint density at radius 1 is 0.737 bits per heavy atom. The van der Waals surface area contributed by atoms with Gasteiger partial charge < -0.3 is 19.2 Å². The lowest BCUT2D eigenvalue weighted by Gasteiger charge is -2.07. The Balaban J connectivity index is 2.45. The van der Waals surface area contributed by atoms with Crippen LogP contribution in [0.2, 0.25) is 0 Å². The van der Waals surface area contributed by atoms with E-state index in [1.807, 2.05) is 24.3 Å². The van der Waals surface area contributed by atoms with Gasteiger partial charge in [0.05, 0.1) is 32.4 Å². The molecule has 3 aromatic rings. The number of benzene rings is 2. The molecule has 0 aliphatic heterocycles. The number of fused-ring (bicyclic) bond motifs is 3. The van der Waals surface area contributed by atoms with Gasteiger partial charge in [-0.05, 0) is 18.2 Å². The van der Waals surface area contributed by atoms with Crippen molar-refractivity contribution in [1.29, 1.82) is 0 Å². The first-order valence-corrected chi connectivity index (χ1v) is 5.99. The van der Waals surface area contributed by atoms with Gasteiger partial charge in [-0.2, -0.15) is 0 Å². The summed E-state index contributed by atoms with van der Waals surface area (Å²) in [4.78, 5) is 3.36. The van der Waals surface area contributed by atoms with E-state index in [0.717, 1.165) is 27.6 Å². The molecule has 3 rings (SSSR count). The quantitative estimate of drug-likeness (QED) is 0.782. The lowest BCUT2D eigenvalue weighted by Crippen LogP contribution is -1.90. The number of para-hydroxylation sites is 1. The fourth-order valence-corrected chi connectivity index (χ4v) is 2.46. The molecule has 4 nitrogen and oxygen atoms in total. The molecule has 2 aromatic carbocycles. The number of aromatic nitrogens is 1. The number of hydrogen-bond donors (Lipinski definition) is 1. The molecule has 0 amide bonds. The van der Waals surface area contributed by atoms with Crippen LogP contribution in [0.4, 0.5) is 0 Å². The highest BCUT2D eigenvalue weighted by atomic mass is 16.5. The second-order valence-electron chi connectivity index (χ2n) is 4.23. The SMILES string of the molecule is COc1ccc2c([nH]c3c(OC)cccc32)c1OC. The summed E-state index contributed by atoms with van der Waals surface area (Å²) in [7, 11) is 4.94. The third kappa shape index (κ3) is 1.60. The van der Waals surface area contributed by atoms with E-state index in [1.54, 1.807) is 21.3 Å². The van der Waals surface area contributed by atoms with Gasteiger partial charge >= 0.3 is 0 Å². The van der Waals surface area contributed by atoms with E-state index in [9.17, 15) is 0 Å². The van der Waals surface area contributed by atoms with Crippen molar-refractivity contribution in [2.75, 3.05) is 21.3 Å². The molecule has 0 saturated carbocycles. The Morgan fingerprint density at radius 2 is 1.47 bits per heavy atom. The highest BCUT2D eigenvalue weighted by Gasteiger charge is 2.15. The van der Waals surface area contributed by atoms with Gasteiger partial charge in [0.1, 0.15) is 5.75 Å². The Labute approximate surface area is 110 Å². The molecule has 1 heterocycles. The Kier molecular flexibility index (Phi) is 2.71. The van der Waals surface area contributed by atoms with Crippen LogP contribution in [0.3, 0.4) is 0 Å². The minimum atomic E-state index is 0.707. The third-order valence-electron chi connectivity index (χ3n) is 3.33. The maximum Gasteiger partial charge on any atom is 0.184 e. The molecule has 0 fully saturated rings. The lowest BCUT2D eigenvalue weighted by molar-refractivity contribution is 0.358. The van der Waals surface area contributed by atoms with Crippen molar-refractivity contribution in [3.05, 3.63) is 30.3 Å². The van der Waals surface area contributed by atoms with Crippen LogP contribution in [0, 0.1) is 0 Å². The molecule has 0 saturated heterocycles. The van der Waals surface area contributed by atoms with Crippen LogP contribution in [0.25, 0.3) is 21.8 Å². The van der Waals surface area contributed by atoms with Gasteiger partial charge in [-0.3, -0.25) is 0 Å². The van der Waals surface area contributed by atoms with Crippen LogP contribution in [0.1, 0.15) is 0 Å². The number of hydrogen-bond acceptors (Lipinski definition) is 3. The van der Waals surface area contributed by atoms with Crippen LogP contribution in [-0.4, -0.2) is 26.3 Å². The van der Waals surface area contributed by atoms with E-state index in [1.165, 1.54) is 0 Å². The maximum atomic E-state index is 5.46. The highest BCUT2D eigenvalue weighted by molar-refractivity contribution is 6.11. The van der Waals surface area contributed by atoms with E-state index in [-0.39, 0.29) is 0 Å². The van der Waals surface area contributed by atoms with E-state index in [4.69, 9.17) is 14.2 Å². The predicted octanol–water partition coefficient (Wildman–Crippen LogP) is 3.35. The van der Waals surface area contributed by atoms with Crippen molar-refractivity contribution in [1.82, 2.24) is 4.98 Å². The number of aromatic amines is 1. The van der Waals surface area contributed by atoms with Crippen molar-refractivity contribution >= 4 is 21.8 Å². The fourth-order valence-electron chi connectivity index (χ4n) is 2.46. The highest BCUT2D eigenvalue weighted by Crippen LogP contribution is 2.40. The number of nitrogens with one attached hydrogen (secondary N) is 1. The van der Waals surface area contributed by atoms with Gasteiger partial charge in [0.25, 0.3) is 0 Å². The summed E-state index contributed by atoms with van der Waals surface area (Å²) < 4.78 is 16.2. The Hall–Kier alpha value is -2.36. The van der Waals surface area contributed by atoms with Gasteiger partial charge in [-0.25, -0.2) is 0 Å². The minimum absolute atomic E-state index is 0.707. The summed E-state index contributed by atoms with van der Waals surface area (Å²) >= 11 is 0. The first-order chi connectivity index (χ1) is 9.30. The van der Waals surface area contributed by atoms with E-state index < -0.39 is 0 Å². The standard InChI is InChI=1S/C15H15NO3/c1-17-11-6-4-5-9-10-7-8-12(18-2)15(19-3)14(10)16-13(9)11/h4-8,16H,1-3H3. The van der Waals surface area contributed by atoms with E-state index in [0.29, 0.717) is 11.5 Å². The average molecular weight is 257 g/mol. The van der Waals surface area contributed by atoms with Gasteiger partial charge in [-0.1, -0.05) is 12.1 Å². The van der Waals surface area contributed by atoms with Crippen molar-refractivity contribution < 1.29 is 14.2 Å². The largest absolute Gasteiger partial charge is 0.495 e. The molecular weight excluding hydrogens is 242 g/mol. The van der Waals surface area contributed by atoms with Gasteiger partial charge in [0, 0.05) is 10.8 Å². The molecule has 0 unspecified atom stereocenters. The Bertz CT molecular complexity index is 746. The van der Waals surface area contributed by atoms with E-state index in [2.05, 4.69) is 11.1 Å². The molecule has 0 atom stereocenters. The number of H-pyrrole nitrogens is 1. The monoisotopic (exact) mass is 257 g/mol. The number of ether oxygens (including phenoxy) is 3. The van der Waals surface area contributed by atoms with Crippen LogP contribution in [-0.2, 0) is 0 Å². The average Bonchev–Trinajstić information content (AvgIpc) is 2.84. The minimum Gasteiger partial charge on any atom is -0.495 e. The van der Waals surface area contributed by atoms with E-state index >= 15 is 0 Å². The molecule has 1 aromatic heterocycles. The second kappa shape index (κ2) is 4.39. The van der Waals surface area contributed by atoms with Gasteiger partial charge in [0.15, 0.2) is 11.5 Å². The molecule has 0 radical (unpaired) electrons. The topological polar surface area (TPSA) is 43.5 Å². The first-order valence-electron chi connectivity index (χ1n) is 5.99. The molecule has 98 valence electrons. The maximum absolute atomic E-state index is 5.46. The molecule has 1 N–H and O–H groups in total. The van der Waals surface area contributed by atoms with Gasteiger partial charge in [0.2, 0.25) is 0 Å².